The smallest absolute Gasteiger partial charge is 0.170 e. The van der Waals surface area contributed by atoms with E-state index in [1.165, 1.54) is 0 Å². The lowest BCUT2D eigenvalue weighted by atomic mass is 9.43. The zero-order valence-electron chi connectivity index (χ0n) is 14.3. The summed E-state index contributed by atoms with van der Waals surface area (Å²) in [5.41, 5.74) is -0.728. The van der Waals surface area contributed by atoms with Crippen LogP contribution in [0.3, 0.4) is 0 Å². The van der Waals surface area contributed by atoms with Gasteiger partial charge in [-0.1, -0.05) is 13.8 Å². The average Bonchev–Trinajstić information content (AvgIpc) is 2.76. The molecule has 0 aromatic rings. The fourth-order valence-electron chi connectivity index (χ4n) is 7.15. The van der Waals surface area contributed by atoms with E-state index >= 15 is 0 Å². The summed E-state index contributed by atoms with van der Waals surface area (Å²) in [6, 6.07) is 0. The molecule has 0 aromatic heterocycles. The van der Waals surface area contributed by atoms with Gasteiger partial charge in [-0.2, -0.15) is 0 Å². The Labute approximate surface area is 138 Å². The van der Waals surface area contributed by atoms with Gasteiger partial charge in [0.2, 0.25) is 0 Å². The molecule has 0 aromatic carbocycles. The van der Waals surface area contributed by atoms with Crippen LogP contribution >= 0.6 is 0 Å². The van der Waals surface area contributed by atoms with Crippen LogP contribution < -0.4 is 0 Å². The van der Waals surface area contributed by atoms with Gasteiger partial charge in [0.1, 0.15) is 5.78 Å². The first kappa shape index (κ1) is 16.0. The normalized spacial score (nSPS) is 55.0. The van der Waals surface area contributed by atoms with Crippen LogP contribution in [-0.2, 0) is 4.79 Å². The minimum atomic E-state index is -1.80. The molecule has 23 heavy (non-hydrogen) atoms. The van der Waals surface area contributed by atoms with E-state index in [-0.39, 0.29) is 23.7 Å². The largest absolute Gasteiger partial charge is 0.393 e. The number of rotatable bonds is 0. The molecule has 0 amide bonds. The fourth-order valence-corrected chi connectivity index (χ4v) is 7.15. The van der Waals surface area contributed by atoms with Crippen molar-refractivity contribution >= 4 is 5.78 Å². The van der Waals surface area contributed by atoms with Gasteiger partial charge >= 0.3 is 0 Å². The zero-order chi connectivity index (χ0) is 16.6. The van der Waals surface area contributed by atoms with Crippen molar-refractivity contribution in [3.8, 4) is 0 Å². The third-order valence-electron chi connectivity index (χ3n) is 8.55. The SMILES string of the molecule is C[C@]12C(CC[C@@H]3[C@@H]1CC[C@]1(C)C(=O)CC[C@@H]31)C[C@@H](O)CC2(O)O. The summed E-state index contributed by atoms with van der Waals surface area (Å²) >= 11 is 0. The first-order valence-electron chi connectivity index (χ1n) is 9.36. The molecule has 0 saturated heterocycles. The van der Waals surface area contributed by atoms with Gasteiger partial charge in [-0.05, 0) is 62.2 Å². The first-order chi connectivity index (χ1) is 10.7. The van der Waals surface area contributed by atoms with Crippen molar-refractivity contribution in [2.45, 2.75) is 77.1 Å². The van der Waals surface area contributed by atoms with Crippen molar-refractivity contribution < 1.29 is 20.1 Å². The van der Waals surface area contributed by atoms with Gasteiger partial charge in [0.25, 0.3) is 0 Å². The lowest BCUT2D eigenvalue weighted by Crippen LogP contribution is -2.65. The van der Waals surface area contributed by atoms with Gasteiger partial charge in [0, 0.05) is 23.7 Å². The summed E-state index contributed by atoms with van der Waals surface area (Å²) in [6.07, 6.45) is 5.62. The Balaban J connectivity index is 1.71. The molecule has 4 aliphatic rings. The predicted molar refractivity (Wildman–Crippen MR) is 85.3 cm³/mol. The quantitative estimate of drug-likeness (QED) is 0.598. The summed E-state index contributed by atoms with van der Waals surface area (Å²) in [6.45, 7) is 4.19. The van der Waals surface area contributed by atoms with Crippen LogP contribution in [0.15, 0.2) is 0 Å². The summed E-state index contributed by atoms with van der Waals surface area (Å²) in [4.78, 5) is 12.4. The number of Topliss-reactive ketones (excluding diaryl/α,β-unsaturated/α-hetero) is 1. The van der Waals surface area contributed by atoms with E-state index in [1.54, 1.807) is 0 Å². The molecule has 3 N–H and O–H groups in total. The van der Waals surface area contributed by atoms with Crippen molar-refractivity contribution in [1.29, 1.82) is 0 Å². The number of ketones is 1. The minimum Gasteiger partial charge on any atom is -0.393 e. The molecule has 0 spiro atoms. The molecular formula is C19H30O4. The van der Waals surface area contributed by atoms with Crippen molar-refractivity contribution in [3.63, 3.8) is 0 Å². The highest BCUT2D eigenvalue weighted by Gasteiger charge is 2.66. The average molecular weight is 322 g/mol. The fraction of sp³-hybridized carbons (Fsp3) is 0.947. The van der Waals surface area contributed by atoms with E-state index in [0.29, 0.717) is 30.5 Å². The number of hydrogen-bond acceptors (Lipinski definition) is 4. The second kappa shape index (κ2) is 4.80. The van der Waals surface area contributed by atoms with Crippen molar-refractivity contribution in [1.82, 2.24) is 0 Å². The van der Waals surface area contributed by atoms with Crippen LogP contribution in [0.5, 0.6) is 0 Å². The third kappa shape index (κ3) is 1.92. The molecule has 1 unspecified atom stereocenters. The highest BCUT2D eigenvalue weighted by Crippen LogP contribution is 2.67. The van der Waals surface area contributed by atoms with Crippen LogP contribution in [0, 0.1) is 34.5 Å². The minimum absolute atomic E-state index is 0.0596. The Morgan fingerprint density at radius 2 is 1.78 bits per heavy atom. The molecule has 4 heteroatoms. The standard InChI is InChI=1S/C19H30O4/c1-17-8-7-15-13(14(17)5-6-16(17)21)4-3-11-9-12(20)10-19(22,23)18(11,15)2/h11-15,20,22-23H,3-10H2,1-2H3/t11?,12-,13+,14+,15+,17+,18+/m1/s1. The summed E-state index contributed by atoms with van der Waals surface area (Å²) in [7, 11) is 0. The van der Waals surface area contributed by atoms with Crippen molar-refractivity contribution in [2.24, 2.45) is 34.5 Å². The van der Waals surface area contributed by atoms with Crippen LogP contribution in [0.25, 0.3) is 0 Å². The van der Waals surface area contributed by atoms with Gasteiger partial charge < -0.3 is 15.3 Å². The highest BCUT2D eigenvalue weighted by molar-refractivity contribution is 5.87. The van der Waals surface area contributed by atoms with E-state index in [9.17, 15) is 20.1 Å². The Bertz CT molecular complexity index is 529. The maximum absolute atomic E-state index is 12.4. The van der Waals surface area contributed by atoms with E-state index in [0.717, 1.165) is 32.1 Å². The number of aliphatic hydroxyl groups is 3. The predicted octanol–water partition coefficient (Wildman–Crippen LogP) is 2.25. The van der Waals surface area contributed by atoms with E-state index in [1.807, 2.05) is 6.92 Å². The summed E-state index contributed by atoms with van der Waals surface area (Å²) < 4.78 is 0. The molecule has 0 aliphatic heterocycles. The van der Waals surface area contributed by atoms with Crippen LogP contribution in [0.4, 0.5) is 0 Å². The third-order valence-corrected chi connectivity index (χ3v) is 8.55. The van der Waals surface area contributed by atoms with Crippen LogP contribution in [0.1, 0.15) is 65.2 Å². The molecule has 4 fully saturated rings. The van der Waals surface area contributed by atoms with E-state index < -0.39 is 17.3 Å². The molecule has 0 bridgehead atoms. The molecule has 7 atom stereocenters. The number of aliphatic hydroxyl groups excluding tert-OH is 1. The number of fused-ring (bicyclic) bond motifs is 5. The summed E-state index contributed by atoms with van der Waals surface area (Å²) in [5.74, 6) is -0.109. The molecule has 4 saturated carbocycles. The number of carbonyl (C=O) groups excluding carboxylic acids is 1. The van der Waals surface area contributed by atoms with Gasteiger partial charge in [0.15, 0.2) is 5.79 Å². The Hall–Kier alpha value is -0.450. The van der Waals surface area contributed by atoms with Gasteiger partial charge in [0.05, 0.1) is 6.10 Å². The number of carbonyl (C=O) groups is 1. The molecule has 0 radical (unpaired) electrons. The monoisotopic (exact) mass is 322 g/mol. The Morgan fingerprint density at radius 1 is 1.04 bits per heavy atom. The van der Waals surface area contributed by atoms with Crippen molar-refractivity contribution in [3.05, 3.63) is 0 Å². The second-order valence-corrected chi connectivity index (χ2v) is 9.26. The van der Waals surface area contributed by atoms with Crippen LogP contribution in [0.2, 0.25) is 0 Å². The topological polar surface area (TPSA) is 77.8 Å². The van der Waals surface area contributed by atoms with E-state index in [4.69, 9.17) is 0 Å². The van der Waals surface area contributed by atoms with Crippen molar-refractivity contribution in [2.75, 3.05) is 0 Å². The lowest BCUT2D eigenvalue weighted by molar-refractivity contribution is -0.324. The summed E-state index contributed by atoms with van der Waals surface area (Å²) in [5, 5.41) is 31.7. The highest BCUT2D eigenvalue weighted by atomic mass is 16.5. The molecule has 4 aliphatic carbocycles. The first-order valence-corrected chi connectivity index (χ1v) is 9.36. The maximum atomic E-state index is 12.4. The van der Waals surface area contributed by atoms with Gasteiger partial charge in [-0.3, -0.25) is 4.79 Å². The van der Waals surface area contributed by atoms with Gasteiger partial charge in [-0.25, -0.2) is 0 Å². The lowest BCUT2D eigenvalue weighted by Gasteiger charge is -2.63. The Morgan fingerprint density at radius 3 is 2.52 bits per heavy atom. The second-order valence-electron chi connectivity index (χ2n) is 9.26. The molecule has 4 nitrogen and oxygen atoms in total. The molecule has 130 valence electrons. The molecular weight excluding hydrogens is 292 g/mol. The Kier molecular flexibility index (Phi) is 3.35. The molecule has 4 rings (SSSR count). The molecule has 0 heterocycles. The van der Waals surface area contributed by atoms with E-state index in [2.05, 4.69) is 6.92 Å². The number of hydrogen-bond donors (Lipinski definition) is 3. The van der Waals surface area contributed by atoms with Gasteiger partial charge in [-0.15, -0.1) is 0 Å². The zero-order valence-corrected chi connectivity index (χ0v) is 14.3. The van der Waals surface area contributed by atoms with Crippen LogP contribution in [-0.4, -0.2) is 33.0 Å². The maximum Gasteiger partial charge on any atom is 0.170 e.